The molecule has 0 amide bonds. The van der Waals surface area contributed by atoms with Crippen LogP contribution in [0.3, 0.4) is 0 Å². The second-order valence-electron chi connectivity index (χ2n) is 7.64. The standard InChI is InChI=1S/C24H27N3O2/c1-5-26-10-8-18(9-11-26)20-13-17(3)24-25-21(14-23(28)27(24)15-20)19-6-7-22(29-4)16(2)12-19/h6-8,12-15H,5,9-11H2,1-4H3. The van der Waals surface area contributed by atoms with Crippen molar-refractivity contribution in [2.24, 2.45) is 0 Å². The van der Waals surface area contributed by atoms with Crippen LogP contribution in [0.25, 0.3) is 22.5 Å². The van der Waals surface area contributed by atoms with Gasteiger partial charge in [0, 0.05) is 30.9 Å². The third kappa shape index (κ3) is 3.70. The summed E-state index contributed by atoms with van der Waals surface area (Å²) in [5.74, 6) is 0.828. The number of aromatic nitrogens is 2. The van der Waals surface area contributed by atoms with Crippen LogP contribution in [0.1, 0.15) is 30.0 Å². The molecule has 1 aromatic carbocycles. The third-order valence-electron chi connectivity index (χ3n) is 5.75. The van der Waals surface area contributed by atoms with Crippen molar-refractivity contribution < 1.29 is 4.74 Å². The molecule has 0 spiro atoms. The predicted octanol–water partition coefficient (Wildman–Crippen LogP) is 4.10. The van der Waals surface area contributed by atoms with Crippen LogP contribution in [0.2, 0.25) is 0 Å². The predicted molar refractivity (Wildman–Crippen MR) is 118 cm³/mol. The highest BCUT2D eigenvalue weighted by atomic mass is 16.5. The first-order valence-corrected chi connectivity index (χ1v) is 10.1. The number of nitrogens with zero attached hydrogens (tertiary/aromatic N) is 3. The van der Waals surface area contributed by atoms with Gasteiger partial charge in [-0.1, -0.05) is 13.0 Å². The fourth-order valence-corrected chi connectivity index (χ4v) is 3.99. The molecule has 3 heterocycles. The highest BCUT2D eigenvalue weighted by molar-refractivity contribution is 5.70. The maximum Gasteiger partial charge on any atom is 0.258 e. The van der Waals surface area contributed by atoms with Gasteiger partial charge in [-0.15, -0.1) is 0 Å². The molecule has 0 unspecified atom stereocenters. The average Bonchev–Trinajstić information content (AvgIpc) is 2.74. The molecule has 150 valence electrons. The Balaban J connectivity index is 1.78. The van der Waals surface area contributed by atoms with Crippen LogP contribution in [0.5, 0.6) is 5.75 Å². The van der Waals surface area contributed by atoms with Gasteiger partial charge in [0.05, 0.1) is 12.8 Å². The molecule has 0 N–H and O–H groups in total. The lowest BCUT2D eigenvalue weighted by molar-refractivity contribution is 0.318. The quantitative estimate of drug-likeness (QED) is 0.674. The number of benzene rings is 1. The first-order valence-electron chi connectivity index (χ1n) is 10.1. The van der Waals surface area contributed by atoms with Gasteiger partial charge in [0.1, 0.15) is 11.4 Å². The number of hydrogen-bond donors (Lipinski definition) is 0. The van der Waals surface area contributed by atoms with E-state index in [1.807, 2.05) is 38.2 Å². The molecular formula is C24H27N3O2. The summed E-state index contributed by atoms with van der Waals surface area (Å²) < 4.78 is 7.02. The Labute approximate surface area is 171 Å². The molecule has 0 fully saturated rings. The van der Waals surface area contributed by atoms with Gasteiger partial charge in [-0.05, 0) is 73.3 Å². The fraction of sp³-hybridized carbons (Fsp3) is 0.333. The Bertz CT molecular complexity index is 1160. The van der Waals surface area contributed by atoms with E-state index >= 15 is 0 Å². The van der Waals surface area contributed by atoms with E-state index in [1.165, 1.54) is 5.57 Å². The van der Waals surface area contributed by atoms with Crippen molar-refractivity contribution >= 4 is 11.2 Å². The van der Waals surface area contributed by atoms with Gasteiger partial charge in [0.2, 0.25) is 0 Å². The van der Waals surface area contributed by atoms with Crippen LogP contribution in [-0.2, 0) is 0 Å². The van der Waals surface area contributed by atoms with Crippen molar-refractivity contribution in [3.05, 3.63) is 69.6 Å². The van der Waals surface area contributed by atoms with Gasteiger partial charge in [-0.25, -0.2) is 4.98 Å². The van der Waals surface area contributed by atoms with E-state index in [-0.39, 0.29) is 5.56 Å². The molecule has 0 bridgehead atoms. The van der Waals surface area contributed by atoms with Crippen molar-refractivity contribution in [3.63, 3.8) is 0 Å². The Morgan fingerprint density at radius 3 is 2.55 bits per heavy atom. The summed E-state index contributed by atoms with van der Waals surface area (Å²) in [7, 11) is 1.66. The van der Waals surface area contributed by atoms with Crippen LogP contribution in [0.4, 0.5) is 0 Å². The van der Waals surface area contributed by atoms with E-state index in [2.05, 4.69) is 24.0 Å². The van der Waals surface area contributed by atoms with E-state index in [0.717, 1.165) is 54.1 Å². The van der Waals surface area contributed by atoms with Gasteiger partial charge >= 0.3 is 0 Å². The summed E-state index contributed by atoms with van der Waals surface area (Å²) in [6.07, 6.45) is 5.22. The molecule has 5 nitrogen and oxygen atoms in total. The minimum atomic E-state index is -0.0602. The van der Waals surface area contributed by atoms with E-state index in [4.69, 9.17) is 9.72 Å². The SMILES string of the molecule is CCN1CC=C(c2cc(C)c3nc(-c4ccc(OC)c(C)c4)cc(=O)n3c2)CC1. The number of aryl methyl sites for hydroxylation is 2. The minimum Gasteiger partial charge on any atom is -0.496 e. The van der Waals surface area contributed by atoms with Gasteiger partial charge in [-0.3, -0.25) is 14.1 Å². The number of hydrogen-bond acceptors (Lipinski definition) is 4. The van der Waals surface area contributed by atoms with Crippen molar-refractivity contribution in [1.29, 1.82) is 0 Å². The zero-order valence-corrected chi connectivity index (χ0v) is 17.5. The lowest BCUT2D eigenvalue weighted by Gasteiger charge is -2.25. The topological polar surface area (TPSA) is 46.8 Å². The Morgan fingerprint density at radius 1 is 1.10 bits per heavy atom. The first kappa shape index (κ1) is 19.4. The molecule has 29 heavy (non-hydrogen) atoms. The van der Waals surface area contributed by atoms with Crippen molar-refractivity contribution in [2.75, 3.05) is 26.7 Å². The molecule has 0 radical (unpaired) electrons. The molecule has 4 rings (SSSR count). The molecule has 1 aliphatic heterocycles. The van der Waals surface area contributed by atoms with Crippen LogP contribution >= 0.6 is 0 Å². The van der Waals surface area contributed by atoms with Crippen LogP contribution in [0, 0.1) is 13.8 Å². The third-order valence-corrected chi connectivity index (χ3v) is 5.75. The maximum atomic E-state index is 12.9. The molecule has 5 heteroatoms. The van der Waals surface area contributed by atoms with Crippen LogP contribution < -0.4 is 10.3 Å². The zero-order valence-electron chi connectivity index (χ0n) is 17.5. The summed E-state index contributed by atoms with van der Waals surface area (Å²) >= 11 is 0. The average molecular weight is 389 g/mol. The largest absolute Gasteiger partial charge is 0.496 e. The smallest absolute Gasteiger partial charge is 0.258 e. The molecule has 0 saturated carbocycles. The number of pyridine rings is 1. The Hall–Kier alpha value is -2.92. The Kier molecular flexibility index (Phi) is 5.24. The molecule has 1 aliphatic rings. The second kappa shape index (κ2) is 7.84. The van der Waals surface area contributed by atoms with Crippen molar-refractivity contribution in [1.82, 2.24) is 14.3 Å². The number of likely N-dealkylation sites (N-methyl/N-ethyl adjacent to an activating group) is 1. The van der Waals surface area contributed by atoms with Crippen LogP contribution in [-0.4, -0.2) is 41.0 Å². The summed E-state index contributed by atoms with van der Waals surface area (Å²) in [6.45, 7) is 9.29. The summed E-state index contributed by atoms with van der Waals surface area (Å²) in [4.78, 5) is 20.2. The van der Waals surface area contributed by atoms with E-state index in [1.54, 1.807) is 17.6 Å². The lowest BCUT2D eigenvalue weighted by atomic mass is 9.99. The highest BCUT2D eigenvalue weighted by Gasteiger charge is 2.15. The van der Waals surface area contributed by atoms with E-state index in [9.17, 15) is 4.79 Å². The second-order valence-corrected chi connectivity index (χ2v) is 7.64. The van der Waals surface area contributed by atoms with Gasteiger partial charge < -0.3 is 4.74 Å². The molecule has 0 saturated heterocycles. The highest BCUT2D eigenvalue weighted by Crippen LogP contribution is 2.27. The number of ether oxygens (including phenoxy) is 1. The van der Waals surface area contributed by atoms with Crippen molar-refractivity contribution in [3.8, 4) is 17.0 Å². The molecule has 0 atom stereocenters. The van der Waals surface area contributed by atoms with E-state index < -0.39 is 0 Å². The van der Waals surface area contributed by atoms with Crippen LogP contribution in [0.15, 0.2) is 47.4 Å². The number of fused-ring (bicyclic) bond motifs is 1. The lowest BCUT2D eigenvalue weighted by Crippen LogP contribution is -2.28. The summed E-state index contributed by atoms with van der Waals surface area (Å²) in [5.41, 5.74) is 6.69. The first-order chi connectivity index (χ1) is 14.0. The maximum absolute atomic E-state index is 12.9. The van der Waals surface area contributed by atoms with Gasteiger partial charge in [-0.2, -0.15) is 0 Å². The normalized spacial score (nSPS) is 14.8. The minimum absolute atomic E-state index is 0.0602. The molecule has 0 aliphatic carbocycles. The number of methoxy groups -OCH3 is 1. The summed E-state index contributed by atoms with van der Waals surface area (Å²) in [5, 5.41) is 0. The van der Waals surface area contributed by atoms with E-state index in [0.29, 0.717) is 11.3 Å². The Morgan fingerprint density at radius 2 is 1.90 bits per heavy atom. The van der Waals surface area contributed by atoms with Gasteiger partial charge in [0.15, 0.2) is 0 Å². The monoisotopic (exact) mass is 389 g/mol. The fourth-order valence-electron chi connectivity index (χ4n) is 3.99. The zero-order chi connectivity index (χ0) is 20.5. The van der Waals surface area contributed by atoms with Gasteiger partial charge in [0.25, 0.3) is 5.56 Å². The molecule has 3 aromatic rings. The number of rotatable bonds is 4. The molecular weight excluding hydrogens is 362 g/mol. The van der Waals surface area contributed by atoms with Crippen molar-refractivity contribution in [2.45, 2.75) is 27.2 Å². The summed E-state index contributed by atoms with van der Waals surface area (Å²) in [6, 6.07) is 9.64. The molecule has 2 aromatic heterocycles.